The third kappa shape index (κ3) is 1.71. The van der Waals surface area contributed by atoms with Gasteiger partial charge in [-0.25, -0.2) is 0 Å². The lowest BCUT2D eigenvalue weighted by molar-refractivity contribution is 0.528. The maximum absolute atomic E-state index is 3.63. The van der Waals surface area contributed by atoms with Crippen molar-refractivity contribution in [1.82, 2.24) is 0 Å². The van der Waals surface area contributed by atoms with Gasteiger partial charge in [-0.3, -0.25) is 0 Å². The average molecular weight is 237 g/mol. The van der Waals surface area contributed by atoms with E-state index in [4.69, 9.17) is 0 Å². The van der Waals surface area contributed by atoms with Crippen LogP contribution in [0.1, 0.15) is 30.5 Å². The van der Waals surface area contributed by atoms with Crippen molar-refractivity contribution < 1.29 is 0 Å². The molecule has 1 nitrogen and oxygen atoms in total. The number of nitrogens with one attached hydrogen (secondary N) is 1. The lowest BCUT2D eigenvalue weighted by Crippen LogP contribution is -2.20. The van der Waals surface area contributed by atoms with Crippen LogP contribution in [0.5, 0.6) is 0 Å². The van der Waals surface area contributed by atoms with E-state index in [1.807, 2.05) is 0 Å². The molecule has 0 radical (unpaired) electrons. The van der Waals surface area contributed by atoms with E-state index in [1.54, 1.807) is 0 Å². The van der Waals surface area contributed by atoms with E-state index >= 15 is 0 Å². The van der Waals surface area contributed by atoms with E-state index in [2.05, 4.69) is 68.6 Å². The number of rotatable bonds is 0. The predicted molar refractivity (Wildman–Crippen MR) is 77.6 cm³/mol. The van der Waals surface area contributed by atoms with Crippen LogP contribution in [0, 0.1) is 6.92 Å². The molecule has 1 aliphatic heterocycles. The van der Waals surface area contributed by atoms with Gasteiger partial charge in [0.05, 0.1) is 0 Å². The highest BCUT2D eigenvalue weighted by atomic mass is 14.9. The normalized spacial score (nSPS) is 16.2. The smallest absolute Gasteiger partial charge is 0.0452 e. The first-order valence-electron chi connectivity index (χ1n) is 6.53. The number of hydrogen-bond acceptors (Lipinski definition) is 1. The van der Waals surface area contributed by atoms with Gasteiger partial charge in [-0.2, -0.15) is 0 Å². The van der Waals surface area contributed by atoms with Crippen LogP contribution in [-0.4, -0.2) is 0 Å². The Balaban J connectivity index is 2.25. The molecular formula is C17H19N. The number of anilines is 2. The Morgan fingerprint density at radius 1 is 1.00 bits per heavy atom. The molecule has 0 aliphatic carbocycles. The van der Waals surface area contributed by atoms with Crippen LogP contribution >= 0.6 is 0 Å². The molecule has 0 fully saturated rings. The number of fused-ring (bicyclic) bond motifs is 2. The summed E-state index contributed by atoms with van der Waals surface area (Å²) in [5.74, 6) is 0. The molecule has 2 aromatic carbocycles. The zero-order chi connectivity index (χ0) is 12.8. The third-order valence-corrected chi connectivity index (χ3v) is 3.91. The Kier molecular flexibility index (Phi) is 2.44. The molecule has 1 aliphatic rings. The monoisotopic (exact) mass is 237 g/mol. The summed E-state index contributed by atoms with van der Waals surface area (Å²) < 4.78 is 0. The molecule has 0 atom stereocenters. The van der Waals surface area contributed by atoms with E-state index in [-0.39, 0.29) is 5.41 Å². The van der Waals surface area contributed by atoms with Crippen molar-refractivity contribution in [2.24, 2.45) is 0 Å². The molecule has 0 unspecified atom stereocenters. The van der Waals surface area contributed by atoms with Crippen LogP contribution in [0.4, 0.5) is 11.4 Å². The van der Waals surface area contributed by atoms with Gasteiger partial charge in [0, 0.05) is 11.4 Å². The van der Waals surface area contributed by atoms with Gasteiger partial charge in [0.1, 0.15) is 0 Å². The summed E-state index contributed by atoms with van der Waals surface area (Å²) in [6.45, 7) is 6.83. The Labute approximate surface area is 109 Å². The molecule has 0 amide bonds. The fourth-order valence-electron chi connectivity index (χ4n) is 2.90. The second-order valence-corrected chi connectivity index (χ2v) is 5.84. The minimum Gasteiger partial charge on any atom is -0.355 e. The van der Waals surface area contributed by atoms with Gasteiger partial charge < -0.3 is 5.32 Å². The van der Waals surface area contributed by atoms with Crippen molar-refractivity contribution in [3.8, 4) is 0 Å². The van der Waals surface area contributed by atoms with Crippen LogP contribution in [0.2, 0.25) is 0 Å². The van der Waals surface area contributed by atoms with Crippen molar-refractivity contribution >= 4 is 11.4 Å². The molecule has 18 heavy (non-hydrogen) atoms. The summed E-state index contributed by atoms with van der Waals surface area (Å²) in [5.41, 5.74) is 6.83. The summed E-state index contributed by atoms with van der Waals surface area (Å²) in [6, 6.07) is 15.2. The average Bonchev–Trinajstić information content (AvgIpc) is 2.44. The predicted octanol–water partition coefficient (Wildman–Crippen LogP) is 4.57. The van der Waals surface area contributed by atoms with Gasteiger partial charge in [0.2, 0.25) is 0 Å². The largest absolute Gasteiger partial charge is 0.355 e. The van der Waals surface area contributed by atoms with E-state index in [0.717, 1.165) is 6.42 Å². The first kappa shape index (κ1) is 11.3. The molecular weight excluding hydrogens is 218 g/mol. The first-order valence-corrected chi connectivity index (χ1v) is 6.53. The van der Waals surface area contributed by atoms with Gasteiger partial charge >= 0.3 is 0 Å². The van der Waals surface area contributed by atoms with Crippen molar-refractivity contribution in [3.63, 3.8) is 0 Å². The van der Waals surface area contributed by atoms with Gasteiger partial charge in [0.15, 0.2) is 0 Å². The van der Waals surface area contributed by atoms with Crippen molar-refractivity contribution in [1.29, 1.82) is 0 Å². The van der Waals surface area contributed by atoms with Gasteiger partial charge in [-0.1, -0.05) is 50.2 Å². The molecule has 1 heteroatoms. The number of aryl methyl sites for hydroxylation is 1. The third-order valence-electron chi connectivity index (χ3n) is 3.91. The number of benzene rings is 2. The van der Waals surface area contributed by atoms with Gasteiger partial charge in [-0.05, 0) is 41.5 Å². The topological polar surface area (TPSA) is 12.0 Å². The fourth-order valence-corrected chi connectivity index (χ4v) is 2.90. The first-order chi connectivity index (χ1) is 8.58. The highest BCUT2D eigenvalue weighted by Crippen LogP contribution is 2.41. The van der Waals surface area contributed by atoms with Crippen molar-refractivity contribution in [2.75, 3.05) is 5.32 Å². The molecule has 3 rings (SSSR count). The molecule has 92 valence electrons. The second kappa shape index (κ2) is 3.88. The zero-order valence-electron chi connectivity index (χ0n) is 11.2. The minimum absolute atomic E-state index is 0.168. The lowest BCUT2D eigenvalue weighted by Gasteiger charge is -2.25. The lowest BCUT2D eigenvalue weighted by atomic mass is 9.78. The van der Waals surface area contributed by atoms with E-state index in [0.29, 0.717) is 0 Å². The van der Waals surface area contributed by atoms with Crippen LogP contribution < -0.4 is 5.32 Å². The number of hydrogen-bond donors (Lipinski definition) is 1. The molecule has 2 aromatic rings. The Morgan fingerprint density at radius 2 is 1.78 bits per heavy atom. The standard InChI is InChI=1S/C17H19N/c1-12-7-6-9-14-16(12)18-15-10-5-4-8-13(15)11-17(14,2)3/h4-10,18H,11H2,1-3H3. The molecule has 1 N–H and O–H groups in total. The molecule has 1 heterocycles. The molecule has 0 bridgehead atoms. The fraction of sp³-hybridized carbons (Fsp3) is 0.294. The van der Waals surface area contributed by atoms with E-state index in [9.17, 15) is 0 Å². The molecule has 0 aromatic heterocycles. The summed E-state index contributed by atoms with van der Waals surface area (Å²) in [5, 5.41) is 3.63. The van der Waals surface area contributed by atoms with Crippen LogP contribution in [0.3, 0.4) is 0 Å². The summed E-state index contributed by atoms with van der Waals surface area (Å²) >= 11 is 0. The van der Waals surface area contributed by atoms with Crippen LogP contribution in [0.15, 0.2) is 42.5 Å². The van der Waals surface area contributed by atoms with Gasteiger partial charge in [0.25, 0.3) is 0 Å². The minimum atomic E-state index is 0.168. The van der Waals surface area contributed by atoms with E-state index in [1.165, 1.54) is 28.1 Å². The summed E-state index contributed by atoms with van der Waals surface area (Å²) in [6.07, 6.45) is 1.08. The Morgan fingerprint density at radius 3 is 2.61 bits per heavy atom. The van der Waals surface area contributed by atoms with Crippen LogP contribution in [-0.2, 0) is 11.8 Å². The van der Waals surface area contributed by atoms with Crippen molar-refractivity contribution in [3.05, 3.63) is 59.2 Å². The highest BCUT2D eigenvalue weighted by molar-refractivity contribution is 5.72. The number of para-hydroxylation sites is 2. The SMILES string of the molecule is Cc1cccc2c1Nc1ccccc1CC2(C)C. The highest BCUT2D eigenvalue weighted by Gasteiger charge is 2.28. The Bertz CT molecular complexity index is 596. The van der Waals surface area contributed by atoms with Crippen LogP contribution in [0.25, 0.3) is 0 Å². The molecule has 0 spiro atoms. The molecule has 0 saturated heterocycles. The Hall–Kier alpha value is -1.76. The zero-order valence-corrected chi connectivity index (χ0v) is 11.2. The van der Waals surface area contributed by atoms with Crippen molar-refractivity contribution in [2.45, 2.75) is 32.6 Å². The second-order valence-electron chi connectivity index (χ2n) is 5.84. The maximum Gasteiger partial charge on any atom is 0.0452 e. The quantitative estimate of drug-likeness (QED) is 0.707. The maximum atomic E-state index is 3.63. The summed E-state index contributed by atoms with van der Waals surface area (Å²) in [4.78, 5) is 0. The molecule has 0 saturated carbocycles. The van der Waals surface area contributed by atoms with Gasteiger partial charge in [-0.15, -0.1) is 0 Å². The van der Waals surface area contributed by atoms with E-state index < -0.39 is 0 Å². The summed E-state index contributed by atoms with van der Waals surface area (Å²) in [7, 11) is 0.